The lowest BCUT2D eigenvalue weighted by Gasteiger charge is -2.15. The number of carbonyl (C=O) groups excluding carboxylic acids is 2. The molecule has 1 heterocycles. The summed E-state index contributed by atoms with van der Waals surface area (Å²) in [7, 11) is 2.84. The van der Waals surface area contributed by atoms with Crippen LogP contribution in [0.15, 0.2) is 12.4 Å². The van der Waals surface area contributed by atoms with Gasteiger partial charge in [0.2, 0.25) is 5.91 Å². The van der Waals surface area contributed by atoms with Crippen LogP contribution in [0.4, 0.5) is 0 Å². The lowest BCUT2D eigenvalue weighted by Crippen LogP contribution is -2.33. The number of rotatable bonds is 5. The number of methoxy groups -OCH3 is 1. The minimum absolute atomic E-state index is 0.0350. The zero-order valence-electron chi connectivity index (χ0n) is 9.29. The van der Waals surface area contributed by atoms with E-state index >= 15 is 0 Å². The molecule has 0 bridgehead atoms. The minimum Gasteiger partial charge on any atom is -0.468 e. The third-order valence-electron chi connectivity index (χ3n) is 2.05. The van der Waals surface area contributed by atoms with E-state index in [2.05, 4.69) is 15.0 Å². The number of nitrogens with zero attached hydrogens (tertiary/aromatic N) is 4. The number of ether oxygens (including phenoxy) is 1. The largest absolute Gasteiger partial charge is 0.468 e. The van der Waals surface area contributed by atoms with Gasteiger partial charge >= 0.3 is 5.97 Å². The molecule has 1 aromatic rings. The van der Waals surface area contributed by atoms with Gasteiger partial charge in [0.1, 0.15) is 6.54 Å². The van der Waals surface area contributed by atoms with E-state index in [1.54, 1.807) is 24.1 Å². The van der Waals surface area contributed by atoms with Crippen molar-refractivity contribution in [2.24, 2.45) is 0 Å². The first-order valence-corrected chi connectivity index (χ1v) is 4.78. The number of amides is 1. The standard InChI is InChI=1S/C9H14N4O3/c1-12(7-9(15)16-2)8(14)3-5-13-6-4-10-11-13/h4,6H,3,5,7H2,1-2H3. The molecule has 7 heteroatoms. The van der Waals surface area contributed by atoms with Gasteiger partial charge in [0.05, 0.1) is 19.9 Å². The zero-order valence-corrected chi connectivity index (χ0v) is 9.29. The Labute approximate surface area is 93.0 Å². The van der Waals surface area contributed by atoms with E-state index < -0.39 is 5.97 Å². The molecule has 0 fully saturated rings. The monoisotopic (exact) mass is 226 g/mol. The summed E-state index contributed by atoms with van der Waals surface area (Å²) in [5.74, 6) is -0.572. The van der Waals surface area contributed by atoms with Crippen LogP contribution in [0.1, 0.15) is 6.42 Å². The van der Waals surface area contributed by atoms with Crippen LogP contribution in [0.2, 0.25) is 0 Å². The molecule has 0 saturated carbocycles. The van der Waals surface area contributed by atoms with Crippen LogP contribution in [0.5, 0.6) is 0 Å². The van der Waals surface area contributed by atoms with Crippen LogP contribution in [0, 0.1) is 0 Å². The Kier molecular flexibility index (Phi) is 4.43. The fourth-order valence-corrected chi connectivity index (χ4v) is 1.10. The second-order valence-electron chi connectivity index (χ2n) is 3.24. The minimum atomic E-state index is -0.434. The summed E-state index contributed by atoms with van der Waals surface area (Å²) in [5.41, 5.74) is 0. The highest BCUT2D eigenvalue weighted by molar-refractivity contribution is 5.81. The molecule has 0 atom stereocenters. The van der Waals surface area contributed by atoms with Crippen molar-refractivity contribution in [2.75, 3.05) is 20.7 Å². The van der Waals surface area contributed by atoms with Crippen LogP contribution in [-0.2, 0) is 20.9 Å². The van der Waals surface area contributed by atoms with Crippen molar-refractivity contribution >= 4 is 11.9 Å². The van der Waals surface area contributed by atoms with E-state index in [0.717, 1.165) is 0 Å². The van der Waals surface area contributed by atoms with Crippen molar-refractivity contribution in [1.29, 1.82) is 0 Å². The third-order valence-corrected chi connectivity index (χ3v) is 2.05. The van der Waals surface area contributed by atoms with Crippen LogP contribution >= 0.6 is 0 Å². The molecule has 0 aliphatic carbocycles. The normalized spacial score (nSPS) is 9.88. The van der Waals surface area contributed by atoms with Crippen molar-refractivity contribution in [3.63, 3.8) is 0 Å². The number of hydrogen-bond acceptors (Lipinski definition) is 5. The Morgan fingerprint density at radius 3 is 2.81 bits per heavy atom. The highest BCUT2D eigenvalue weighted by Crippen LogP contribution is 1.94. The van der Waals surface area contributed by atoms with Gasteiger partial charge in [-0.05, 0) is 0 Å². The quantitative estimate of drug-likeness (QED) is 0.620. The summed E-state index contributed by atoms with van der Waals surface area (Å²) in [6, 6.07) is 0. The number of carbonyl (C=O) groups is 2. The first-order valence-electron chi connectivity index (χ1n) is 4.78. The summed E-state index contributed by atoms with van der Waals surface area (Å²) in [5, 5.41) is 7.35. The lowest BCUT2D eigenvalue weighted by atomic mass is 10.3. The molecule has 0 aliphatic rings. The van der Waals surface area contributed by atoms with Crippen LogP contribution in [0.3, 0.4) is 0 Å². The molecule has 0 aromatic carbocycles. The average Bonchev–Trinajstić information content (AvgIpc) is 2.78. The maximum atomic E-state index is 11.5. The fraction of sp³-hybridized carbons (Fsp3) is 0.556. The Bertz CT molecular complexity index is 350. The van der Waals surface area contributed by atoms with E-state index in [9.17, 15) is 9.59 Å². The second kappa shape index (κ2) is 5.84. The van der Waals surface area contributed by atoms with Gasteiger partial charge in [-0.15, -0.1) is 5.10 Å². The molecule has 88 valence electrons. The lowest BCUT2D eigenvalue weighted by molar-refractivity contribution is -0.146. The SMILES string of the molecule is COC(=O)CN(C)C(=O)CCn1ccnn1. The van der Waals surface area contributed by atoms with Gasteiger partial charge in [-0.3, -0.25) is 14.3 Å². The Morgan fingerprint density at radius 2 is 2.25 bits per heavy atom. The van der Waals surface area contributed by atoms with Crippen LogP contribution < -0.4 is 0 Å². The van der Waals surface area contributed by atoms with Crippen LogP contribution in [-0.4, -0.2) is 52.5 Å². The molecular formula is C9H14N4O3. The number of hydrogen-bond donors (Lipinski definition) is 0. The summed E-state index contributed by atoms with van der Waals surface area (Å²) in [6.07, 6.45) is 3.49. The van der Waals surface area contributed by atoms with Gasteiger partial charge in [0.15, 0.2) is 0 Å². The smallest absolute Gasteiger partial charge is 0.325 e. The molecule has 16 heavy (non-hydrogen) atoms. The molecule has 7 nitrogen and oxygen atoms in total. The van der Waals surface area contributed by atoms with E-state index in [-0.39, 0.29) is 18.9 Å². The maximum absolute atomic E-state index is 11.5. The van der Waals surface area contributed by atoms with Gasteiger partial charge in [-0.1, -0.05) is 5.21 Å². The molecule has 0 N–H and O–H groups in total. The predicted molar refractivity (Wildman–Crippen MR) is 54.3 cm³/mol. The van der Waals surface area contributed by atoms with Gasteiger partial charge < -0.3 is 9.64 Å². The highest BCUT2D eigenvalue weighted by atomic mass is 16.5. The molecule has 0 saturated heterocycles. The topological polar surface area (TPSA) is 77.3 Å². The van der Waals surface area contributed by atoms with Crippen molar-refractivity contribution in [3.05, 3.63) is 12.4 Å². The molecular weight excluding hydrogens is 212 g/mol. The van der Waals surface area contributed by atoms with Crippen molar-refractivity contribution in [2.45, 2.75) is 13.0 Å². The van der Waals surface area contributed by atoms with Gasteiger partial charge in [-0.2, -0.15) is 0 Å². The van der Waals surface area contributed by atoms with Gasteiger partial charge in [0, 0.05) is 19.7 Å². The fourth-order valence-electron chi connectivity index (χ4n) is 1.10. The highest BCUT2D eigenvalue weighted by Gasteiger charge is 2.12. The Hall–Kier alpha value is -1.92. The molecule has 1 amide bonds. The number of aromatic nitrogens is 3. The number of aryl methyl sites for hydroxylation is 1. The summed E-state index contributed by atoms with van der Waals surface area (Å²) < 4.78 is 6.02. The van der Waals surface area contributed by atoms with Crippen molar-refractivity contribution in [3.8, 4) is 0 Å². The summed E-state index contributed by atoms with van der Waals surface area (Å²) >= 11 is 0. The van der Waals surface area contributed by atoms with E-state index in [4.69, 9.17) is 0 Å². The van der Waals surface area contributed by atoms with Crippen molar-refractivity contribution < 1.29 is 14.3 Å². The van der Waals surface area contributed by atoms with E-state index in [0.29, 0.717) is 6.54 Å². The maximum Gasteiger partial charge on any atom is 0.325 e. The Balaban J connectivity index is 2.31. The first kappa shape index (κ1) is 12.2. The van der Waals surface area contributed by atoms with Crippen LogP contribution in [0.25, 0.3) is 0 Å². The molecule has 0 spiro atoms. The summed E-state index contributed by atoms with van der Waals surface area (Å²) in [4.78, 5) is 23.8. The number of esters is 1. The molecule has 0 aliphatic heterocycles. The van der Waals surface area contributed by atoms with Gasteiger partial charge in [-0.25, -0.2) is 0 Å². The second-order valence-corrected chi connectivity index (χ2v) is 3.24. The van der Waals surface area contributed by atoms with E-state index in [1.807, 2.05) is 0 Å². The van der Waals surface area contributed by atoms with E-state index in [1.165, 1.54) is 12.0 Å². The summed E-state index contributed by atoms with van der Waals surface area (Å²) in [6.45, 7) is 0.414. The molecule has 1 aromatic heterocycles. The zero-order chi connectivity index (χ0) is 12.0. The first-order chi connectivity index (χ1) is 7.63. The Morgan fingerprint density at radius 1 is 1.50 bits per heavy atom. The van der Waals surface area contributed by atoms with Gasteiger partial charge in [0.25, 0.3) is 0 Å². The number of likely N-dealkylation sites (N-methyl/N-ethyl adjacent to an activating group) is 1. The molecule has 0 unspecified atom stereocenters. The predicted octanol–water partition coefficient (Wildman–Crippen LogP) is -0.700. The third kappa shape index (κ3) is 3.68. The molecule has 0 radical (unpaired) electrons. The average molecular weight is 226 g/mol. The molecule has 1 rings (SSSR count). The van der Waals surface area contributed by atoms with Crippen molar-refractivity contribution in [1.82, 2.24) is 19.9 Å².